The van der Waals surface area contributed by atoms with Crippen molar-refractivity contribution in [2.24, 2.45) is 0 Å². The van der Waals surface area contributed by atoms with Crippen LogP contribution >= 0.6 is 0 Å². The van der Waals surface area contributed by atoms with Crippen molar-refractivity contribution in [2.75, 3.05) is 29.0 Å². The number of sulfonamides is 1. The van der Waals surface area contributed by atoms with Gasteiger partial charge in [0.25, 0.3) is 0 Å². The second-order valence-corrected chi connectivity index (χ2v) is 9.52. The number of nitrogens with one attached hydrogen (secondary N) is 3. The highest BCUT2D eigenvalue weighted by Gasteiger charge is 2.31. The van der Waals surface area contributed by atoms with Crippen LogP contribution in [0, 0.1) is 0 Å². The second kappa shape index (κ2) is 6.47. The number of H-pyrrole nitrogens is 2. The Morgan fingerprint density at radius 1 is 1.21 bits per heavy atom. The molecule has 3 N–H and O–H groups in total. The van der Waals surface area contributed by atoms with Gasteiger partial charge in [-0.25, -0.2) is 18.4 Å². The molecular formula is C18H23N7O2S. The quantitative estimate of drug-likeness (QED) is 0.603. The SMILES string of the molecule is CS(=O)(=O)Nc1cn[nH]c1C1CCCN(c2nc(C3CC3)nc3[nH]ccc23)C1. The van der Waals surface area contributed by atoms with Gasteiger partial charge in [0.2, 0.25) is 10.0 Å². The van der Waals surface area contributed by atoms with Crippen LogP contribution in [0.3, 0.4) is 0 Å². The maximum Gasteiger partial charge on any atom is 0.229 e. The van der Waals surface area contributed by atoms with Crippen LogP contribution in [-0.4, -0.2) is 52.9 Å². The molecule has 0 aromatic carbocycles. The summed E-state index contributed by atoms with van der Waals surface area (Å²) in [6, 6.07) is 2.03. The molecular weight excluding hydrogens is 378 g/mol. The lowest BCUT2D eigenvalue weighted by molar-refractivity contribution is 0.499. The Kier molecular flexibility index (Phi) is 4.04. The number of anilines is 2. The Hall–Kier alpha value is -2.62. The van der Waals surface area contributed by atoms with E-state index < -0.39 is 10.0 Å². The van der Waals surface area contributed by atoms with Crippen molar-refractivity contribution >= 4 is 32.6 Å². The zero-order valence-corrected chi connectivity index (χ0v) is 16.5. The number of hydrogen-bond donors (Lipinski definition) is 3. The maximum absolute atomic E-state index is 11.7. The maximum atomic E-state index is 11.7. The van der Waals surface area contributed by atoms with E-state index in [1.54, 1.807) is 0 Å². The molecule has 1 aliphatic heterocycles. The molecule has 148 valence electrons. The first kappa shape index (κ1) is 17.5. The van der Waals surface area contributed by atoms with E-state index >= 15 is 0 Å². The summed E-state index contributed by atoms with van der Waals surface area (Å²) >= 11 is 0. The number of fused-ring (bicyclic) bond motifs is 1. The number of aromatic amines is 2. The summed E-state index contributed by atoms with van der Waals surface area (Å²) in [5.74, 6) is 2.52. The Morgan fingerprint density at radius 3 is 2.86 bits per heavy atom. The average molecular weight is 401 g/mol. The van der Waals surface area contributed by atoms with E-state index in [-0.39, 0.29) is 5.92 Å². The van der Waals surface area contributed by atoms with Crippen LogP contribution in [0.2, 0.25) is 0 Å². The van der Waals surface area contributed by atoms with E-state index in [0.29, 0.717) is 11.6 Å². The van der Waals surface area contributed by atoms with Crippen molar-refractivity contribution in [1.82, 2.24) is 25.1 Å². The predicted molar refractivity (Wildman–Crippen MR) is 107 cm³/mol. The zero-order valence-electron chi connectivity index (χ0n) is 15.6. The summed E-state index contributed by atoms with van der Waals surface area (Å²) in [5, 5.41) is 8.10. The molecule has 1 aliphatic carbocycles. The van der Waals surface area contributed by atoms with E-state index in [4.69, 9.17) is 4.98 Å². The smallest absolute Gasteiger partial charge is 0.229 e. The molecule has 28 heavy (non-hydrogen) atoms. The van der Waals surface area contributed by atoms with E-state index in [9.17, 15) is 8.42 Å². The van der Waals surface area contributed by atoms with Crippen molar-refractivity contribution in [3.05, 3.63) is 30.0 Å². The highest BCUT2D eigenvalue weighted by molar-refractivity contribution is 7.92. The van der Waals surface area contributed by atoms with Gasteiger partial charge < -0.3 is 9.88 Å². The van der Waals surface area contributed by atoms with Gasteiger partial charge >= 0.3 is 0 Å². The third kappa shape index (κ3) is 3.32. The van der Waals surface area contributed by atoms with Crippen LogP contribution in [0.25, 0.3) is 11.0 Å². The Labute approximate surface area is 163 Å². The van der Waals surface area contributed by atoms with Gasteiger partial charge in [0.05, 0.1) is 29.2 Å². The molecule has 0 spiro atoms. The third-order valence-corrected chi connectivity index (χ3v) is 6.04. The van der Waals surface area contributed by atoms with Crippen molar-refractivity contribution < 1.29 is 8.42 Å². The zero-order chi connectivity index (χ0) is 19.3. The first-order valence-corrected chi connectivity index (χ1v) is 11.5. The molecule has 1 saturated heterocycles. The molecule has 5 rings (SSSR count). The van der Waals surface area contributed by atoms with Gasteiger partial charge in [0.1, 0.15) is 17.3 Å². The van der Waals surface area contributed by atoms with Gasteiger partial charge in [-0.05, 0) is 31.7 Å². The van der Waals surface area contributed by atoms with E-state index in [2.05, 4.69) is 29.8 Å². The van der Waals surface area contributed by atoms with Gasteiger partial charge in [-0.1, -0.05) is 0 Å². The molecule has 4 heterocycles. The van der Waals surface area contributed by atoms with Gasteiger partial charge in [-0.3, -0.25) is 9.82 Å². The lowest BCUT2D eigenvalue weighted by Crippen LogP contribution is -2.35. The first-order chi connectivity index (χ1) is 13.5. The molecule has 0 bridgehead atoms. The highest BCUT2D eigenvalue weighted by Crippen LogP contribution is 2.40. The topological polar surface area (TPSA) is 120 Å². The molecule has 3 aromatic heterocycles. The summed E-state index contributed by atoms with van der Waals surface area (Å²) in [5.41, 5.74) is 2.24. The first-order valence-electron chi connectivity index (χ1n) is 9.59. The fourth-order valence-electron chi connectivity index (χ4n) is 4.00. The molecule has 1 atom stereocenters. The minimum absolute atomic E-state index is 0.147. The van der Waals surface area contributed by atoms with Crippen LogP contribution < -0.4 is 9.62 Å². The van der Waals surface area contributed by atoms with E-state index in [1.165, 1.54) is 6.20 Å². The molecule has 9 nitrogen and oxygen atoms in total. The molecule has 0 radical (unpaired) electrons. The van der Waals surface area contributed by atoms with Gasteiger partial charge in [0, 0.05) is 31.1 Å². The monoisotopic (exact) mass is 401 g/mol. The molecule has 1 unspecified atom stereocenters. The van der Waals surface area contributed by atoms with Crippen LogP contribution in [0.5, 0.6) is 0 Å². The summed E-state index contributed by atoms with van der Waals surface area (Å²) in [6.07, 6.45) is 8.87. The molecule has 3 aromatic rings. The summed E-state index contributed by atoms with van der Waals surface area (Å²) < 4.78 is 25.9. The number of nitrogens with zero attached hydrogens (tertiary/aromatic N) is 4. The number of aromatic nitrogens is 5. The average Bonchev–Trinajstić information content (AvgIpc) is 3.23. The largest absolute Gasteiger partial charge is 0.355 e. The number of rotatable bonds is 5. The van der Waals surface area contributed by atoms with Gasteiger partial charge in [0.15, 0.2) is 0 Å². The second-order valence-electron chi connectivity index (χ2n) is 7.78. The number of hydrogen-bond acceptors (Lipinski definition) is 6. The molecule has 1 saturated carbocycles. The van der Waals surface area contributed by atoms with Crippen molar-refractivity contribution in [2.45, 2.75) is 37.5 Å². The minimum atomic E-state index is -3.35. The molecule has 10 heteroatoms. The van der Waals surface area contributed by atoms with Crippen molar-refractivity contribution in [1.29, 1.82) is 0 Å². The Bertz CT molecular complexity index is 1120. The fraction of sp³-hybridized carbons (Fsp3) is 0.500. The van der Waals surface area contributed by atoms with Crippen molar-refractivity contribution in [3.63, 3.8) is 0 Å². The lowest BCUT2D eigenvalue weighted by Gasteiger charge is -2.34. The molecule has 2 aliphatic rings. The van der Waals surface area contributed by atoms with Crippen LogP contribution in [0.4, 0.5) is 11.5 Å². The van der Waals surface area contributed by atoms with Gasteiger partial charge in [-0.2, -0.15) is 5.10 Å². The summed E-state index contributed by atoms with van der Waals surface area (Å²) in [6.45, 7) is 1.67. The van der Waals surface area contributed by atoms with Crippen LogP contribution in [0.15, 0.2) is 18.5 Å². The standard InChI is InChI=1S/C18H23N7O2S/c1-28(26,27)24-14-9-20-23-15(14)12-3-2-8-25(10-12)18-13-6-7-19-17(13)21-16(22-18)11-4-5-11/h6-7,9,11-12,24H,2-5,8,10H2,1H3,(H,20,23)(H,19,21,22). The van der Waals surface area contributed by atoms with Crippen LogP contribution in [0.1, 0.15) is 49.0 Å². The Morgan fingerprint density at radius 2 is 2.07 bits per heavy atom. The van der Waals surface area contributed by atoms with E-state index in [1.807, 2.05) is 12.3 Å². The Balaban J connectivity index is 1.46. The molecule has 2 fully saturated rings. The van der Waals surface area contributed by atoms with Crippen LogP contribution in [-0.2, 0) is 10.0 Å². The minimum Gasteiger partial charge on any atom is -0.355 e. The van der Waals surface area contributed by atoms with E-state index in [0.717, 1.165) is 73.4 Å². The summed E-state index contributed by atoms with van der Waals surface area (Å²) in [4.78, 5) is 15.1. The van der Waals surface area contributed by atoms with Gasteiger partial charge in [-0.15, -0.1) is 0 Å². The normalized spacial score (nSPS) is 20.6. The third-order valence-electron chi connectivity index (χ3n) is 5.45. The lowest BCUT2D eigenvalue weighted by atomic mass is 9.94. The summed E-state index contributed by atoms with van der Waals surface area (Å²) in [7, 11) is -3.35. The number of piperidine rings is 1. The predicted octanol–water partition coefficient (Wildman–Crippen LogP) is 2.31. The fourth-order valence-corrected chi connectivity index (χ4v) is 4.56. The van der Waals surface area contributed by atoms with Crippen molar-refractivity contribution in [3.8, 4) is 0 Å². The highest BCUT2D eigenvalue weighted by atomic mass is 32.2. The molecule has 0 amide bonds.